The summed E-state index contributed by atoms with van der Waals surface area (Å²) in [5.74, 6) is 0. The van der Waals surface area contributed by atoms with Crippen molar-refractivity contribution < 1.29 is 0 Å². The molecule has 2 aromatic rings. The Morgan fingerprint density at radius 1 is 0.857 bits per heavy atom. The minimum atomic E-state index is 0.512. The molecule has 0 radical (unpaired) electrons. The van der Waals surface area contributed by atoms with Gasteiger partial charge < -0.3 is 0 Å². The molecule has 0 aliphatic carbocycles. The molecular formula is C20H27N. The third-order valence-corrected chi connectivity index (χ3v) is 4.07. The molecule has 0 bridgehead atoms. The summed E-state index contributed by atoms with van der Waals surface area (Å²) in [5.41, 5.74) is 2.82. The Morgan fingerprint density at radius 2 is 1.48 bits per heavy atom. The van der Waals surface area contributed by atoms with Gasteiger partial charge in [0.05, 0.1) is 0 Å². The standard InChI is InChI=1S/C20H27N/c1-3-4-7-16-20(19-14-10-6-11-15-19)21(2)17-18-12-8-5-9-13-18/h5-6,8-15,20H,3-4,7,16-17H2,1-2H3. The van der Waals surface area contributed by atoms with Crippen molar-refractivity contribution in [2.24, 2.45) is 0 Å². The summed E-state index contributed by atoms with van der Waals surface area (Å²) in [7, 11) is 2.25. The lowest BCUT2D eigenvalue weighted by molar-refractivity contribution is 0.220. The minimum absolute atomic E-state index is 0.512. The highest BCUT2D eigenvalue weighted by atomic mass is 15.1. The lowest BCUT2D eigenvalue weighted by Gasteiger charge is -2.29. The summed E-state index contributed by atoms with van der Waals surface area (Å²) in [4.78, 5) is 2.49. The van der Waals surface area contributed by atoms with Gasteiger partial charge in [-0.05, 0) is 24.6 Å². The highest BCUT2D eigenvalue weighted by Gasteiger charge is 2.16. The highest BCUT2D eigenvalue weighted by Crippen LogP contribution is 2.26. The smallest absolute Gasteiger partial charge is 0.0348 e. The maximum absolute atomic E-state index is 2.49. The van der Waals surface area contributed by atoms with Crippen molar-refractivity contribution in [1.82, 2.24) is 4.90 Å². The molecule has 2 rings (SSSR count). The second-order valence-electron chi connectivity index (χ2n) is 5.82. The summed E-state index contributed by atoms with van der Waals surface area (Å²) in [5, 5.41) is 0. The van der Waals surface area contributed by atoms with Crippen LogP contribution in [0.5, 0.6) is 0 Å². The van der Waals surface area contributed by atoms with E-state index in [1.165, 1.54) is 36.8 Å². The second kappa shape index (κ2) is 8.63. The molecule has 0 fully saturated rings. The van der Waals surface area contributed by atoms with Crippen molar-refractivity contribution in [2.45, 2.75) is 45.2 Å². The van der Waals surface area contributed by atoms with E-state index in [9.17, 15) is 0 Å². The van der Waals surface area contributed by atoms with E-state index in [-0.39, 0.29) is 0 Å². The predicted octanol–water partition coefficient (Wildman–Crippen LogP) is 5.44. The predicted molar refractivity (Wildman–Crippen MR) is 91.2 cm³/mol. The molecular weight excluding hydrogens is 254 g/mol. The fourth-order valence-corrected chi connectivity index (χ4v) is 2.89. The average Bonchev–Trinajstić information content (AvgIpc) is 2.53. The van der Waals surface area contributed by atoms with E-state index in [2.05, 4.69) is 79.5 Å². The summed E-state index contributed by atoms with van der Waals surface area (Å²) >= 11 is 0. The van der Waals surface area contributed by atoms with Gasteiger partial charge in [-0.3, -0.25) is 4.90 Å². The number of nitrogens with zero attached hydrogens (tertiary/aromatic N) is 1. The van der Waals surface area contributed by atoms with E-state index >= 15 is 0 Å². The highest BCUT2D eigenvalue weighted by molar-refractivity contribution is 5.20. The molecule has 0 N–H and O–H groups in total. The molecule has 0 aliphatic heterocycles. The summed E-state index contributed by atoms with van der Waals surface area (Å²) in [6.45, 7) is 3.28. The maximum atomic E-state index is 2.49. The van der Waals surface area contributed by atoms with Crippen LogP contribution in [-0.2, 0) is 6.54 Å². The molecule has 1 atom stereocenters. The van der Waals surface area contributed by atoms with Gasteiger partial charge in [0.1, 0.15) is 0 Å². The van der Waals surface area contributed by atoms with Gasteiger partial charge in [-0.15, -0.1) is 0 Å². The van der Waals surface area contributed by atoms with Gasteiger partial charge in [0, 0.05) is 12.6 Å². The second-order valence-corrected chi connectivity index (χ2v) is 5.82. The molecule has 0 saturated carbocycles. The summed E-state index contributed by atoms with van der Waals surface area (Å²) < 4.78 is 0. The van der Waals surface area contributed by atoms with Crippen molar-refractivity contribution in [1.29, 1.82) is 0 Å². The molecule has 0 spiro atoms. The largest absolute Gasteiger partial charge is 0.295 e. The first-order valence-electron chi connectivity index (χ1n) is 8.10. The Bertz CT molecular complexity index is 492. The number of rotatable bonds is 8. The molecule has 0 aromatic heterocycles. The normalized spacial score (nSPS) is 12.5. The van der Waals surface area contributed by atoms with Crippen LogP contribution in [0.1, 0.15) is 49.8 Å². The van der Waals surface area contributed by atoms with E-state index in [0.29, 0.717) is 6.04 Å². The molecule has 1 unspecified atom stereocenters. The Hall–Kier alpha value is -1.60. The summed E-state index contributed by atoms with van der Waals surface area (Å²) in [6, 6.07) is 22.2. The number of hydrogen-bond acceptors (Lipinski definition) is 1. The topological polar surface area (TPSA) is 3.24 Å². The monoisotopic (exact) mass is 281 g/mol. The SMILES string of the molecule is CCCCCC(c1ccccc1)N(C)Cc1ccccc1. The van der Waals surface area contributed by atoms with Gasteiger partial charge in [-0.1, -0.05) is 86.8 Å². The Balaban J connectivity index is 2.07. The Kier molecular flexibility index (Phi) is 6.49. The quantitative estimate of drug-likeness (QED) is 0.582. The van der Waals surface area contributed by atoms with Crippen LogP contribution in [0.25, 0.3) is 0 Å². The average molecular weight is 281 g/mol. The van der Waals surface area contributed by atoms with Crippen molar-refractivity contribution in [3.05, 3.63) is 71.8 Å². The maximum Gasteiger partial charge on any atom is 0.0348 e. The zero-order valence-electron chi connectivity index (χ0n) is 13.3. The van der Waals surface area contributed by atoms with Gasteiger partial charge in [0.2, 0.25) is 0 Å². The molecule has 21 heavy (non-hydrogen) atoms. The fourth-order valence-electron chi connectivity index (χ4n) is 2.89. The van der Waals surface area contributed by atoms with E-state index < -0.39 is 0 Å². The van der Waals surface area contributed by atoms with Crippen LogP contribution in [0, 0.1) is 0 Å². The Labute approximate surface area is 129 Å². The van der Waals surface area contributed by atoms with Crippen LogP contribution in [0.2, 0.25) is 0 Å². The number of benzene rings is 2. The van der Waals surface area contributed by atoms with E-state index in [0.717, 1.165) is 6.54 Å². The first-order chi connectivity index (χ1) is 10.3. The first kappa shape index (κ1) is 15.8. The molecule has 112 valence electrons. The van der Waals surface area contributed by atoms with Gasteiger partial charge in [-0.2, -0.15) is 0 Å². The van der Waals surface area contributed by atoms with Crippen LogP contribution in [0.4, 0.5) is 0 Å². The molecule has 0 amide bonds. The van der Waals surface area contributed by atoms with Crippen molar-refractivity contribution in [3.63, 3.8) is 0 Å². The van der Waals surface area contributed by atoms with Crippen molar-refractivity contribution in [3.8, 4) is 0 Å². The van der Waals surface area contributed by atoms with E-state index in [1.54, 1.807) is 0 Å². The van der Waals surface area contributed by atoms with Crippen LogP contribution in [0.15, 0.2) is 60.7 Å². The number of hydrogen-bond donors (Lipinski definition) is 0. The third kappa shape index (κ3) is 5.02. The third-order valence-electron chi connectivity index (χ3n) is 4.07. The molecule has 2 aromatic carbocycles. The van der Waals surface area contributed by atoms with Crippen molar-refractivity contribution >= 4 is 0 Å². The first-order valence-corrected chi connectivity index (χ1v) is 8.10. The van der Waals surface area contributed by atoms with Gasteiger partial charge in [0.15, 0.2) is 0 Å². The number of unbranched alkanes of at least 4 members (excludes halogenated alkanes) is 2. The van der Waals surface area contributed by atoms with E-state index in [1.807, 2.05) is 0 Å². The van der Waals surface area contributed by atoms with Crippen molar-refractivity contribution in [2.75, 3.05) is 7.05 Å². The summed E-state index contributed by atoms with van der Waals surface area (Å²) in [6.07, 6.45) is 5.14. The lowest BCUT2D eigenvalue weighted by Crippen LogP contribution is -2.24. The van der Waals surface area contributed by atoms with Gasteiger partial charge in [0.25, 0.3) is 0 Å². The molecule has 1 heteroatoms. The van der Waals surface area contributed by atoms with Gasteiger partial charge >= 0.3 is 0 Å². The molecule has 0 saturated heterocycles. The fraction of sp³-hybridized carbons (Fsp3) is 0.400. The minimum Gasteiger partial charge on any atom is -0.295 e. The van der Waals surface area contributed by atoms with E-state index in [4.69, 9.17) is 0 Å². The Morgan fingerprint density at radius 3 is 2.10 bits per heavy atom. The van der Waals surface area contributed by atoms with Crippen LogP contribution >= 0.6 is 0 Å². The van der Waals surface area contributed by atoms with Crippen LogP contribution in [0.3, 0.4) is 0 Å². The molecule has 0 heterocycles. The zero-order chi connectivity index (χ0) is 14.9. The van der Waals surface area contributed by atoms with Crippen LogP contribution < -0.4 is 0 Å². The van der Waals surface area contributed by atoms with Gasteiger partial charge in [-0.25, -0.2) is 0 Å². The lowest BCUT2D eigenvalue weighted by atomic mass is 9.98. The zero-order valence-corrected chi connectivity index (χ0v) is 13.3. The molecule has 0 aliphatic rings. The molecule has 1 nitrogen and oxygen atoms in total. The van der Waals surface area contributed by atoms with Crippen LogP contribution in [-0.4, -0.2) is 11.9 Å².